The maximum Gasteiger partial charge on any atom is 0.262 e. The summed E-state index contributed by atoms with van der Waals surface area (Å²) in [5.74, 6) is -0.00656. The van der Waals surface area contributed by atoms with E-state index in [0.717, 1.165) is 16.8 Å². The lowest BCUT2D eigenvalue weighted by Gasteiger charge is -2.15. The van der Waals surface area contributed by atoms with E-state index in [1.54, 1.807) is 25.3 Å². The Balaban J connectivity index is 1.83. The minimum absolute atomic E-state index is 0.0596. The Hall–Kier alpha value is -3.98. The van der Waals surface area contributed by atoms with Gasteiger partial charge in [0.1, 0.15) is 11.9 Å². The number of hydrogen-bond donors (Lipinski definition) is 2. The summed E-state index contributed by atoms with van der Waals surface area (Å²) in [6, 6.07) is 10.5. The standard InChI is InChI=1S/C24H26N4O5/c1-15-6-5-7-16(2)21(15)28-23(30)18-13-25-14-27-24(18)33-19-9-8-17(12-20(19)32-4)22(29)26-10-11-31-3/h5-9,12-14H,10-11H2,1-4H3,(H,26,29)(H,28,30). The number of amides is 2. The molecule has 33 heavy (non-hydrogen) atoms. The molecule has 2 amide bonds. The van der Waals surface area contributed by atoms with Crippen LogP contribution in [0.4, 0.5) is 5.69 Å². The molecule has 0 atom stereocenters. The summed E-state index contributed by atoms with van der Waals surface area (Å²) in [6.45, 7) is 4.62. The van der Waals surface area contributed by atoms with E-state index in [0.29, 0.717) is 30.2 Å². The van der Waals surface area contributed by atoms with Crippen molar-refractivity contribution in [3.8, 4) is 17.4 Å². The van der Waals surface area contributed by atoms with Gasteiger partial charge in [0, 0.05) is 31.1 Å². The first-order chi connectivity index (χ1) is 15.9. The van der Waals surface area contributed by atoms with E-state index in [2.05, 4.69) is 20.6 Å². The Kier molecular flexibility index (Phi) is 7.93. The first-order valence-electron chi connectivity index (χ1n) is 10.2. The van der Waals surface area contributed by atoms with Crippen molar-refractivity contribution in [3.63, 3.8) is 0 Å². The molecule has 3 rings (SSSR count). The van der Waals surface area contributed by atoms with E-state index in [4.69, 9.17) is 14.2 Å². The molecular weight excluding hydrogens is 424 g/mol. The molecule has 3 aromatic rings. The largest absolute Gasteiger partial charge is 0.493 e. The van der Waals surface area contributed by atoms with Crippen LogP contribution in [0.15, 0.2) is 48.9 Å². The molecule has 0 aliphatic carbocycles. The van der Waals surface area contributed by atoms with Crippen molar-refractivity contribution in [3.05, 3.63) is 71.2 Å². The highest BCUT2D eigenvalue weighted by Gasteiger charge is 2.19. The predicted octanol–water partition coefficient (Wildman–Crippen LogP) is 3.52. The Morgan fingerprint density at radius 1 is 1.00 bits per heavy atom. The fourth-order valence-corrected chi connectivity index (χ4v) is 3.11. The van der Waals surface area contributed by atoms with Crippen molar-refractivity contribution in [2.45, 2.75) is 13.8 Å². The number of para-hydroxylation sites is 1. The molecule has 0 saturated heterocycles. The van der Waals surface area contributed by atoms with Crippen LogP contribution in [0.25, 0.3) is 0 Å². The molecule has 9 nitrogen and oxygen atoms in total. The molecule has 0 radical (unpaired) electrons. The number of methoxy groups -OCH3 is 2. The summed E-state index contributed by atoms with van der Waals surface area (Å²) in [4.78, 5) is 33.4. The van der Waals surface area contributed by atoms with Gasteiger partial charge in [0.05, 0.1) is 13.7 Å². The van der Waals surface area contributed by atoms with Crippen molar-refractivity contribution in [2.75, 3.05) is 32.7 Å². The first kappa shape index (κ1) is 23.7. The fraction of sp³-hybridized carbons (Fsp3) is 0.250. The lowest BCUT2D eigenvalue weighted by molar-refractivity contribution is 0.0936. The van der Waals surface area contributed by atoms with E-state index in [9.17, 15) is 9.59 Å². The van der Waals surface area contributed by atoms with E-state index in [1.165, 1.54) is 19.6 Å². The van der Waals surface area contributed by atoms with Gasteiger partial charge < -0.3 is 24.8 Å². The molecule has 2 N–H and O–H groups in total. The zero-order valence-electron chi connectivity index (χ0n) is 19.0. The van der Waals surface area contributed by atoms with Crippen LogP contribution < -0.4 is 20.1 Å². The molecule has 0 aliphatic rings. The van der Waals surface area contributed by atoms with Crippen molar-refractivity contribution in [1.82, 2.24) is 15.3 Å². The lowest BCUT2D eigenvalue weighted by Crippen LogP contribution is -2.26. The number of rotatable bonds is 9. The minimum Gasteiger partial charge on any atom is -0.493 e. The summed E-state index contributed by atoms with van der Waals surface area (Å²) in [7, 11) is 3.02. The van der Waals surface area contributed by atoms with E-state index in [-0.39, 0.29) is 17.4 Å². The fourth-order valence-electron chi connectivity index (χ4n) is 3.11. The van der Waals surface area contributed by atoms with E-state index < -0.39 is 5.91 Å². The number of ether oxygens (including phenoxy) is 3. The van der Waals surface area contributed by atoms with Crippen LogP contribution >= 0.6 is 0 Å². The number of nitrogens with zero attached hydrogens (tertiary/aromatic N) is 2. The van der Waals surface area contributed by atoms with Crippen LogP contribution in [-0.2, 0) is 4.74 Å². The molecule has 9 heteroatoms. The van der Waals surface area contributed by atoms with Gasteiger partial charge in [-0.1, -0.05) is 18.2 Å². The molecule has 0 saturated carbocycles. The molecule has 0 bridgehead atoms. The quantitative estimate of drug-likeness (QED) is 0.480. The molecule has 0 unspecified atom stereocenters. The zero-order valence-corrected chi connectivity index (χ0v) is 19.0. The van der Waals surface area contributed by atoms with Gasteiger partial charge in [-0.3, -0.25) is 9.59 Å². The number of anilines is 1. The molecule has 1 aromatic heterocycles. The number of carbonyl (C=O) groups is 2. The summed E-state index contributed by atoms with van der Waals surface area (Å²) < 4.78 is 16.2. The van der Waals surface area contributed by atoms with Gasteiger partial charge >= 0.3 is 0 Å². The summed E-state index contributed by atoms with van der Waals surface area (Å²) in [5.41, 5.74) is 3.14. The maximum atomic E-state index is 13.0. The highest BCUT2D eigenvalue weighted by atomic mass is 16.5. The van der Waals surface area contributed by atoms with Crippen LogP contribution in [0, 0.1) is 13.8 Å². The second-order valence-electron chi connectivity index (χ2n) is 7.18. The molecule has 2 aromatic carbocycles. The average molecular weight is 450 g/mol. The van der Waals surface area contributed by atoms with Gasteiger partial charge in [-0.15, -0.1) is 0 Å². The van der Waals surface area contributed by atoms with Crippen LogP contribution in [0.1, 0.15) is 31.8 Å². The Bertz CT molecular complexity index is 1130. The third-order valence-electron chi connectivity index (χ3n) is 4.86. The van der Waals surface area contributed by atoms with Crippen LogP contribution in [0.2, 0.25) is 0 Å². The van der Waals surface area contributed by atoms with Gasteiger partial charge in [-0.25, -0.2) is 9.97 Å². The Morgan fingerprint density at radius 3 is 2.45 bits per heavy atom. The lowest BCUT2D eigenvalue weighted by atomic mass is 10.1. The normalized spacial score (nSPS) is 10.4. The predicted molar refractivity (Wildman–Crippen MR) is 123 cm³/mol. The number of aromatic nitrogens is 2. The molecule has 0 fully saturated rings. The van der Waals surface area contributed by atoms with Crippen molar-refractivity contribution in [1.29, 1.82) is 0 Å². The topological polar surface area (TPSA) is 112 Å². The maximum absolute atomic E-state index is 13.0. The number of benzene rings is 2. The van der Waals surface area contributed by atoms with Crippen molar-refractivity contribution < 1.29 is 23.8 Å². The number of nitrogens with one attached hydrogen (secondary N) is 2. The number of aryl methyl sites for hydroxylation is 2. The summed E-state index contributed by atoms with van der Waals surface area (Å²) in [5, 5.41) is 5.65. The molecule has 172 valence electrons. The molecular formula is C24H26N4O5. The van der Waals surface area contributed by atoms with Gasteiger partial charge in [0.2, 0.25) is 5.88 Å². The second kappa shape index (κ2) is 11.1. The molecule has 1 heterocycles. The SMILES string of the molecule is COCCNC(=O)c1ccc(Oc2ncncc2C(=O)Nc2c(C)cccc2C)c(OC)c1. The molecule has 0 spiro atoms. The van der Waals surface area contributed by atoms with Crippen LogP contribution in [0.5, 0.6) is 17.4 Å². The van der Waals surface area contributed by atoms with Crippen molar-refractivity contribution >= 4 is 17.5 Å². The van der Waals surface area contributed by atoms with E-state index >= 15 is 0 Å². The summed E-state index contributed by atoms with van der Waals surface area (Å²) in [6.07, 6.45) is 2.67. The number of carbonyl (C=O) groups excluding carboxylic acids is 2. The summed E-state index contributed by atoms with van der Waals surface area (Å²) >= 11 is 0. The van der Waals surface area contributed by atoms with Gasteiger partial charge in [-0.05, 0) is 43.2 Å². The highest BCUT2D eigenvalue weighted by Crippen LogP contribution is 2.33. The van der Waals surface area contributed by atoms with Crippen molar-refractivity contribution in [2.24, 2.45) is 0 Å². The minimum atomic E-state index is -0.406. The van der Waals surface area contributed by atoms with Crippen LogP contribution in [-0.4, -0.2) is 49.2 Å². The average Bonchev–Trinajstić information content (AvgIpc) is 2.82. The molecule has 0 aliphatic heterocycles. The third kappa shape index (κ3) is 5.83. The van der Waals surface area contributed by atoms with E-state index in [1.807, 2.05) is 32.0 Å². The third-order valence-corrected chi connectivity index (χ3v) is 4.86. The Labute approximate surface area is 192 Å². The smallest absolute Gasteiger partial charge is 0.262 e. The highest BCUT2D eigenvalue weighted by molar-refractivity contribution is 6.06. The zero-order chi connectivity index (χ0) is 23.8. The van der Waals surface area contributed by atoms with Gasteiger partial charge in [0.15, 0.2) is 11.5 Å². The Morgan fingerprint density at radius 2 is 1.76 bits per heavy atom. The van der Waals surface area contributed by atoms with Crippen LogP contribution in [0.3, 0.4) is 0 Å². The van der Waals surface area contributed by atoms with Gasteiger partial charge in [0.25, 0.3) is 11.8 Å². The van der Waals surface area contributed by atoms with Gasteiger partial charge in [-0.2, -0.15) is 0 Å². The number of hydrogen-bond acceptors (Lipinski definition) is 7. The monoisotopic (exact) mass is 450 g/mol. The second-order valence-corrected chi connectivity index (χ2v) is 7.18. The first-order valence-corrected chi connectivity index (χ1v) is 10.2.